The number of rotatable bonds is 6. The van der Waals surface area contributed by atoms with E-state index in [9.17, 15) is 28.0 Å². The van der Waals surface area contributed by atoms with Gasteiger partial charge in [-0.25, -0.2) is 13.6 Å². The number of nitrogens with zero attached hydrogens (tertiary/aromatic N) is 2. The van der Waals surface area contributed by atoms with Gasteiger partial charge in [0.15, 0.2) is 0 Å². The number of carbonyl (C=O) groups excluding carboxylic acids is 4. The molecule has 1 spiro atoms. The second-order valence-electron chi connectivity index (χ2n) is 10.4. The number of ether oxygens (including phenoxy) is 1. The Morgan fingerprint density at radius 3 is 2.33 bits per heavy atom. The van der Waals surface area contributed by atoms with Crippen molar-refractivity contribution in [2.24, 2.45) is 0 Å². The molecule has 5 rings (SSSR count). The first kappa shape index (κ1) is 26.7. The molecule has 2 aliphatic heterocycles. The number of likely N-dealkylation sites (N-methyl/N-ethyl adjacent to an activating group) is 1. The highest BCUT2D eigenvalue weighted by Crippen LogP contribution is 2.39. The third kappa shape index (κ3) is 4.44. The molecule has 0 bridgehead atoms. The first-order chi connectivity index (χ1) is 18.5. The normalized spacial score (nSPS) is 23.8. The van der Waals surface area contributed by atoms with Crippen molar-refractivity contribution >= 4 is 29.4 Å². The molecule has 0 radical (unpaired) electrons. The first-order valence-corrected chi connectivity index (χ1v) is 12.9. The number of halogens is 2. The predicted molar refractivity (Wildman–Crippen MR) is 137 cm³/mol. The second-order valence-corrected chi connectivity index (χ2v) is 10.4. The van der Waals surface area contributed by atoms with Crippen molar-refractivity contribution in [1.82, 2.24) is 15.1 Å². The number of hydrogen-bond donors (Lipinski definition) is 2. The molecule has 3 aliphatic rings. The molecule has 1 aliphatic carbocycles. The zero-order chi connectivity index (χ0) is 28.1. The molecular weight excluding hydrogens is 510 g/mol. The van der Waals surface area contributed by atoms with Crippen LogP contribution < -0.4 is 10.6 Å². The van der Waals surface area contributed by atoms with E-state index in [0.717, 1.165) is 29.3 Å². The van der Waals surface area contributed by atoms with Crippen LogP contribution in [-0.4, -0.2) is 64.9 Å². The van der Waals surface area contributed by atoms with E-state index in [1.807, 2.05) is 13.8 Å². The lowest BCUT2D eigenvalue weighted by Crippen LogP contribution is -2.58. The molecule has 2 N–H and O–H groups in total. The van der Waals surface area contributed by atoms with Crippen LogP contribution in [0.25, 0.3) is 0 Å². The molecule has 2 aromatic carbocycles. The van der Waals surface area contributed by atoms with Gasteiger partial charge in [0.05, 0.1) is 12.6 Å². The number of imide groups is 1. The van der Waals surface area contributed by atoms with Crippen molar-refractivity contribution in [2.45, 2.75) is 56.7 Å². The van der Waals surface area contributed by atoms with E-state index in [1.54, 1.807) is 25.2 Å². The van der Waals surface area contributed by atoms with Crippen LogP contribution >= 0.6 is 0 Å². The van der Waals surface area contributed by atoms with E-state index in [0.29, 0.717) is 31.4 Å². The van der Waals surface area contributed by atoms with E-state index in [4.69, 9.17) is 4.74 Å². The minimum atomic E-state index is -1.13. The fourth-order valence-corrected chi connectivity index (χ4v) is 5.91. The summed E-state index contributed by atoms with van der Waals surface area (Å²) < 4.78 is 34.0. The summed E-state index contributed by atoms with van der Waals surface area (Å²) in [6, 6.07) is 6.99. The Morgan fingerprint density at radius 2 is 1.72 bits per heavy atom. The summed E-state index contributed by atoms with van der Waals surface area (Å²) in [6.45, 7) is 3.26. The molecule has 5 amide bonds. The van der Waals surface area contributed by atoms with Gasteiger partial charge >= 0.3 is 6.03 Å². The zero-order valence-corrected chi connectivity index (χ0v) is 22.0. The Kier molecular flexibility index (Phi) is 6.66. The van der Waals surface area contributed by atoms with Crippen LogP contribution in [-0.2, 0) is 32.0 Å². The lowest BCUT2D eigenvalue weighted by Gasteiger charge is -2.45. The minimum absolute atomic E-state index is 0.0151. The number of amides is 5. The van der Waals surface area contributed by atoms with Gasteiger partial charge in [0, 0.05) is 31.6 Å². The maximum Gasteiger partial charge on any atom is 0.324 e. The summed E-state index contributed by atoms with van der Waals surface area (Å²) in [6.07, 6.45) is 1.43. The van der Waals surface area contributed by atoms with Gasteiger partial charge in [0.1, 0.15) is 29.3 Å². The third-order valence-corrected chi connectivity index (χ3v) is 8.32. The lowest BCUT2D eigenvalue weighted by atomic mass is 9.90. The molecule has 206 valence electrons. The molecule has 0 aromatic heterocycles. The largest absolute Gasteiger partial charge is 0.363 e. The highest BCUT2D eigenvalue weighted by Gasteiger charge is 2.54. The summed E-state index contributed by atoms with van der Waals surface area (Å²) >= 11 is 0. The molecule has 2 aromatic rings. The van der Waals surface area contributed by atoms with E-state index in [-0.39, 0.29) is 24.6 Å². The number of nitrogens with one attached hydrogen (secondary N) is 2. The molecule has 0 saturated carbocycles. The van der Waals surface area contributed by atoms with Gasteiger partial charge in [0.2, 0.25) is 5.91 Å². The van der Waals surface area contributed by atoms with Crippen LogP contribution in [0.15, 0.2) is 36.4 Å². The smallest absolute Gasteiger partial charge is 0.324 e. The number of morpholine rings is 1. The Labute approximate surface area is 224 Å². The van der Waals surface area contributed by atoms with E-state index < -0.39 is 46.7 Å². The maximum atomic E-state index is 14.0. The van der Waals surface area contributed by atoms with Crippen LogP contribution in [0.3, 0.4) is 0 Å². The SMILES string of the molecule is CCC1(CC)OCC(c2cc(F)cc(F)c2)N(CC(=O)Nc2ccc3c(c2)CC2(C3)C(=O)NC(=O)N2C)C1=O. The van der Waals surface area contributed by atoms with Crippen LogP contribution in [0, 0.1) is 11.6 Å². The van der Waals surface area contributed by atoms with Gasteiger partial charge in [-0.15, -0.1) is 0 Å². The average molecular weight is 541 g/mol. The predicted octanol–water partition coefficient (Wildman–Crippen LogP) is 3.08. The van der Waals surface area contributed by atoms with Crippen molar-refractivity contribution in [3.63, 3.8) is 0 Å². The summed E-state index contributed by atoms with van der Waals surface area (Å²) in [5.41, 5.74) is 0.281. The van der Waals surface area contributed by atoms with E-state index in [2.05, 4.69) is 10.6 Å². The lowest BCUT2D eigenvalue weighted by molar-refractivity contribution is -0.182. The summed E-state index contributed by atoms with van der Waals surface area (Å²) in [5, 5.41) is 5.16. The van der Waals surface area contributed by atoms with Crippen molar-refractivity contribution < 1.29 is 32.7 Å². The standard InChI is InChI=1S/C28H30F2N4O5/c1-4-28(5-2)25(37)34(22(15-39-28)17-8-19(29)11-20(30)9-17)14-23(35)31-21-7-6-16-12-27(13-18(16)10-21)24(36)32-26(38)33(27)3/h6-11,22H,4-5,12-15H2,1-3H3,(H,31,35)(H,32,36,38). The molecule has 39 heavy (non-hydrogen) atoms. The molecule has 2 fully saturated rings. The quantitative estimate of drug-likeness (QED) is 0.548. The fourth-order valence-electron chi connectivity index (χ4n) is 5.91. The fraction of sp³-hybridized carbons (Fsp3) is 0.429. The topological polar surface area (TPSA) is 108 Å². The molecule has 11 heteroatoms. The van der Waals surface area contributed by atoms with Crippen LogP contribution in [0.4, 0.5) is 19.3 Å². The van der Waals surface area contributed by atoms with E-state index in [1.165, 1.54) is 9.80 Å². The maximum absolute atomic E-state index is 14.0. The van der Waals surface area contributed by atoms with Gasteiger partial charge in [-0.2, -0.15) is 0 Å². The van der Waals surface area contributed by atoms with Gasteiger partial charge in [-0.05, 0) is 53.8 Å². The van der Waals surface area contributed by atoms with Crippen LogP contribution in [0.5, 0.6) is 0 Å². The van der Waals surface area contributed by atoms with E-state index >= 15 is 0 Å². The number of fused-ring (bicyclic) bond motifs is 1. The van der Waals surface area contributed by atoms with Crippen LogP contribution in [0.1, 0.15) is 49.4 Å². The van der Waals surface area contributed by atoms with Crippen molar-refractivity contribution in [3.8, 4) is 0 Å². The number of urea groups is 1. The number of benzene rings is 2. The molecule has 2 unspecified atom stereocenters. The summed E-state index contributed by atoms with van der Waals surface area (Å²) in [5.74, 6) is -2.84. The third-order valence-electron chi connectivity index (χ3n) is 8.32. The van der Waals surface area contributed by atoms with Gasteiger partial charge < -0.3 is 19.9 Å². The Bertz CT molecular complexity index is 1360. The Hall–Kier alpha value is -3.86. The average Bonchev–Trinajstić information content (AvgIpc) is 3.37. The second kappa shape index (κ2) is 9.71. The summed E-state index contributed by atoms with van der Waals surface area (Å²) in [7, 11) is 1.58. The van der Waals surface area contributed by atoms with Gasteiger partial charge in [0.25, 0.3) is 11.8 Å². The van der Waals surface area contributed by atoms with Gasteiger partial charge in [-0.3, -0.25) is 19.7 Å². The highest BCUT2D eigenvalue weighted by atomic mass is 19.1. The van der Waals surface area contributed by atoms with Crippen molar-refractivity contribution in [3.05, 3.63) is 64.7 Å². The minimum Gasteiger partial charge on any atom is -0.363 e. The monoisotopic (exact) mass is 540 g/mol. The Morgan fingerprint density at radius 1 is 1.05 bits per heavy atom. The molecule has 2 atom stereocenters. The molecular formula is C28H30F2N4O5. The van der Waals surface area contributed by atoms with Crippen molar-refractivity contribution in [2.75, 3.05) is 25.5 Å². The van der Waals surface area contributed by atoms with Crippen LogP contribution in [0.2, 0.25) is 0 Å². The number of carbonyl (C=O) groups is 4. The zero-order valence-electron chi connectivity index (χ0n) is 22.0. The molecule has 2 heterocycles. The van der Waals surface area contributed by atoms with Crippen molar-refractivity contribution in [1.29, 1.82) is 0 Å². The molecule has 2 saturated heterocycles. The highest BCUT2D eigenvalue weighted by molar-refractivity contribution is 6.07. The van der Waals surface area contributed by atoms with Gasteiger partial charge in [-0.1, -0.05) is 19.9 Å². The number of anilines is 1. The Balaban J connectivity index is 1.37. The number of hydrogen-bond acceptors (Lipinski definition) is 5. The molecule has 9 nitrogen and oxygen atoms in total. The first-order valence-electron chi connectivity index (χ1n) is 12.9. The summed E-state index contributed by atoms with van der Waals surface area (Å²) in [4.78, 5) is 54.1.